The van der Waals surface area contributed by atoms with Crippen LogP contribution < -0.4 is 5.32 Å². The molecule has 0 saturated carbocycles. The molecule has 1 N–H and O–H groups in total. The highest BCUT2D eigenvalue weighted by Crippen LogP contribution is 2.26. The Morgan fingerprint density at radius 1 is 1.25 bits per heavy atom. The van der Waals surface area contributed by atoms with Gasteiger partial charge in [-0.3, -0.25) is 4.68 Å². The Kier molecular flexibility index (Phi) is 5.46. The lowest BCUT2D eigenvalue weighted by Gasteiger charge is -2.19. The number of hydrogen-bond donors (Lipinski definition) is 1. The van der Waals surface area contributed by atoms with Gasteiger partial charge in [-0.25, -0.2) is 0 Å². The predicted octanol–water partition coefficient (Wildman–Crippen LogP) is 4.10. The lowest BCUT2D eigenvalue weighted by atomic mass is 10.0. The summed E-state index contributed by atoms with van der Waals surface area (Å²) in [4.78, 5) is 0. The largest absolute Gasteiger partial charge is 0.311 e. The van der Waals surface area contributed by atoms with Crippen LogP contribution in [-0.2, 0) is 13.0 Å². The maximum atomic E-state index is 6.30. The number of hydrogen-bond acceptors (Lipinski definition) is 2. The van der Waals surface area contributed by atoms with Crippen molar-refractivity contribution in [3.63, 3.8) is 0 Å². The lowest BCUT2D eigenvalue weighted by Crippen LogP contribution is -2.23. The van der Waals surface area contributed by atoms with Crippen LogP contribution in [0.15, 0.2) is 30.5 Å². The van der Waals surface area contributed by atoms with Crippen molar-refractivity contribution in [2.24, 2.45) is 0 Å². The van der Waals surface area contributed by atoms with Gasteiger partial charge >= 0.3 is 0 Å². The normalized spacial score (nSPS) is 12.6. The predicted molar refractivity (Wildman–Crippen MR) is 84.5 cm³/mol. The molecule has 0 aliphatic heterocycles. The minimum Gasteiger partial charge on any atom is -0.311 e. The summed E-state index contributed by atoms with van der Waals surface area (Å²) in [5.74, 6) is 0. The molecular weight excluding hydrogens is 293 g/mol. The van der Waals surface area contributed by atoms with E-state index in [9.17, 15) is 0 Å². The van der Waals surface area contributed by atoms with Gasteiger partial charge in [0.05, 0.1) is 23.0 Å². The van der Waals surface area contributed by atoms with Crippen LogP contribution in [0, 0.1) is 0 Å². The highest BCUT2D eigenvalue weighted by molar-refractivity contribution is 6.31. The zero-order valence-corrected chi connectivity index (χ0v) is 13.2. The monoisotopic (exact) mass is 311 g/mol. The molecule has 0 radical (unpaired) electrons. The summed E-state index contributed by atoms with van der Waals surface area (Å²) in [5, 5.41) is 9.15. The SMILES string of the molecule is CCCn1ncc(Cl)c1C(Cc1ccc(Cl)cc1)NC. The number of aromatic nitrogens is 2. The van der Waals surface area contributed by atoms with Crippen LogP contribution in [0.1, 0.15) is 30.6 Å². The fraction of sp³-hybridized carbons (Fsp3) is 0.400. The number of rotatable bonds is 6. The molecule has 0 saturated heterocycles. The van der Waals surface area contributed by atoms with Gasteiger partial charge in [0.1, 0.15) is 0 Å². The van der Waals surface area contributed by atoms with Gasteiger partial charge in [-0.2, -0.15) is 5.10 Å². The average Bonchev–Trinajstić information content (AvgIpc) is 2.80. The first-order chi connectivity index (χ1) is 9.65. The fourth-order valence-electron chi connectivity index (χ4n) is 2.30. The molecule has 0 aliphatic carbocycles. The number of nitrogens with zero attached hydrogens (tertiary/aromatic N) is 2. The average molecular weight is 312 g/mol. The van der Waals surface area contributed by atoms with Gasteiger partial charge in [-0.15, -0.1) is 0 Å². The van der Waals surface area contributed by atoms with Crippen molar-refractivity contribution in [2.75, 3.05) is 7.05 Å². The molecule has 5 heteroatoms. The van der Waals surface area contributed by atoms with E-state index < -0.39 is 0 Å². The third-order valence-corrected chi connectivity index (χ3v) is 3.84. The number of benzene rings is 1. The molecule has 0 aliphatic rings. The zero-order valence-electron chi connectivity index (χ0n) is 11.7. The van der Waals surface area contributed by atoms with Crippen molar-refractivity contribution in [1.29, 1.82) is 0 Å². The maximum Gasteiger partial charge on any atom is 0.0834 e. The van der Waals surface area contributed by atoms with E-state index in [1.165, 1.54) is 5.56 Å². The highest BCUT2D eigenvalue weighted by Gasteiger charge is 2.19. The van der Waals surface area contributed by atoms with Gasteiger partial charge in [0, 0.05) is 11.6 Å². The van der Waals surface area contributed by atoms with E-state index in [0.717, 1.165) is 30.1 Å². The van der Waals surface area contributed by atoms with E-state index in [0.29, 0.717) is 5.02 Å². The van der Waals surface area contributed by atoms with Crippen molar-refractivity contribution in [3.05, 3.63) is 51.8 Å². The third kappa shape index (κ3) is 3.54. The molecule has 108 valence electrons. The number of likely N-dealkylation sites (N-methyl/N-ethyl adjacent to an activating group) is 1. The van der Waals surface area contributed by atoms with Crippen LogP contribution in [0.25, 0.3) is 0 Å². The quantitative estimate of drug-likeness (QED) is 0.870. The molecule has 0 fully saturated rings. The van der Waals surface area contributed by atoms with E-state index in [2.05, 4.69) is 17.3 Å². The Bertz CT molecular complexity index is 549. The Morgan fingerprint density at radius 3 is 2.55 bits per heavy atom. The number of aryl methyl sites for hydroxylation is 1. The molecule has 0 spiro atoms. The Morgan fingerprint density at radius 2 is 1.95 bits per heavy atom. The van der Waals surface area contributed by atoms with Gasteiger partial charge in [0.2, 0.25) is 0 Å². The molecule has 0 amide bonds. The summed E-state index contributed by atoms with van der Waals surface area (Å²) in [7, 11) is 1.94. The summed E-state index contributed by atoms with van der Waals surface area (Å²) < 4.78 is 1.99. The summed E-state index contributed by atoms with van der Waals surface area (Å²) in [6, 6.07) is 8.04. The Labute approximate surface area is 129 Å². The molecule has 1 unspecified atom stereocenters. The number of nitrogens with one attached hydrogen (secondary N) is 1. The number of halogens is 2. The van der Waals surface area contributed by atoms with Gasteiger partial charge in [0.15, 0.2) is 0 Å². The zero-order chi connectivity index (χ0) is 14.5. The molecule has 0 bridgehead atoms. The highest BCUT2D eigenvalue weighted by atomic mass is 35.5. The van der Waals surface area contributed by atoms with E-state index in [1.54, 1.807) is 6.20 Å². The molecule has 3 nitrogen and oxygen atoms in total. The fourth-order valence-corrected chi connectivity index (χ4v) is 2.70. The third-order valence-electron chi connectivity index (χ3n) is 3.30. The first-order valence-corrected chi connectivity index (χ1v) is 7.54. The maximum absolute atomic E-state index is 6.30. The van der Waals surface area contributed by atoms with Crippen LogP contribution >= 0.6 is 23.2 Å². The van der Waals surface area contributed by atoms with Gasteiger partial charge < -0.3 is 5.32 Å². The minimum absolute atomic E-state index is 0.137. The minimum atomic E-state index is 0.137. The van der Waals surface area contributed by atoms with Crippen LogP contribution in [0.2, 0.25) is 10.0 Å². The molecule has 20 heavy (non-hydrogen) atoms. The Balaban J connectivity index is 2.23. The first-order valence-electron chi connectivity index (χ1n) is 6.78. The summed E-state index contributed by atoms with van der Waals surface area (Å²) >= 11 is 12.2. The lowest BCUT2D eigenvalue weighted by molar-refractivity contribution is 0.497. The molecule has 2 rings (SSSR count). The molecule has 1 aromatic heterocycles. The van der Waals surface area contributed by atoms with Crippen molar-refractivity contribution < 1.29 is 0 Å². The molecule has 2 aromatic rings. The van der Waals surface area contributed by atoms with Crippen LogP contribution in [0.5, 0.6) is 0 Å². The van der Waals surface area contributed by atoms with Crippen LogP contribution in [0.4, 0.5) is 0 Å². The van der Waals surface area contributed by atoms with E-state index in [1.807, 2.05) is 36.0 Å². The molecule has 1 heterocycles. The second kappa shape index (κ2) is 7.11. The van der Waals surface area contributed by atoms with Crippen molar-refractivity contribution in [3.8, 4) is 0 Å². The molecular formula is C15H19Cl2N3. The standard InChI is InChI=1S/C15H19Cl2N3/c1-3-8-20-15(13(17)10-19-20)14(18-2)9-11-4-6-12(16)7-5-11/h4-7,10,14,18H,3,8-9H2,1-2H3. The summed E-state index contributed by atoms with van der Waals surface area (Å²) in [5.41, 5.74) is 2.26. The van der Waals surface area contributed by atoms with E-state index >= 15 is 0 Å². The summed E-state index contributed by atoms with van der Waals surface area (Å²) in [6.07, 6.45) is 3.60. The van der Waals surface area contributed by atoms with Crippen molar-refractivity contribution in [1.82, 2.24) is 15.1 Å². The smallest absolute Gasteiger partial charge is 0.0834 e. The van der Waals surface area contributed by atoms with Crippen molar-refractivity contribution in [2.45, 2.75) is 32.4 Å². The topological polar surface area (TPSA) is 29.9 Å². The van der Waals surface area contributed by atoms with Crippen LogP contribution in [-0.4, -0.2) is 16.8 Å². The molecule has 1 aromatic carbocycles. The first kappa shape index (κ1) is 15.4. The van der Waals surface area contributed by atoms with E-state index in [-0.39, 0.29) is 6.04 Å². The Hall–Kier alpha value is -1.03. The van der Waals surface area contributed by atoms with E-state index in [4.69, 9.17) is 23.2 Å². The van der Waals surface area contributed by atoms with Crippen molar-refractivity contribution >= 4 is 23.2 Å². The second-order valence-electron chi connectivity index (χ2n) is 4.77. The van der Waals surface area contributed by atoms with Gasteiger partial charge in [-0.1, -0.05) is 42.3 Å². The van der Waals surface area contributed by atoms with Gasteiger partial charge in [-0.05, 0) is 37.6 Å². The van der Waals surface area contributed by atoms with Crippen LogP contribution in [0.3, 0.4) is 0 Å². The van der Waals surface area contributed by atoms with Gasteiger partial charge in [0.25, 0.3) is 0 Å². The molecule has 1 atom stereocenters. The second-order valence-corrected chi connectivity index (χ2v) is 5.62. The summed E-state index contributed by atoms with van der Waals surface area (Å²) in [6.45, 7) is 3.01.